The van der Waals surface area contributed by atoms with Crippen molar-refractivity contribution in [2.24, 2.45) is 4.99 Å². The van der Waals surface area contributed by atoms with E-state index < -0.39 is 0 Å². The van der Waals surface area contributed by atoms with Crippen molar-refractivity contribution in [3.05, 3.63) is 59.7 Å². The molecule has 2 N–H and O–H groups in total. The van der Waals surface area contributed by atoms with Gasteiger partial charge in [-0.05, 0) is 30.2 Å². The summed E-state index contributed by atoms with van der Waals surface area (Å²) in [5.41, 5.74) is 2.16. The first-order chi connectivity index (χ1) is 14.0. The van der Waals surface area contributed by atoms with Crippen molar-refractivity contribution in [2.45, 2.75) is 13.0 Å². The lowest BCUT2D eigenvalue weighted by Crippen LogP contribution is -2.43. The van der Waals surface area contributed by atoms with Crippen LogP contribution in [-0.2, 0) is 17.8 Å². The Morgan fingerprint density at radius 1 is 1.00 bits per heavy atom. The van der Waals surface area contributed by atoms with Gasteiger partial charge in [-0.1, -0.05) is 30.3 Å². The van der Waals surface area contributed by atoms with Crippen molar-refractivity contribution < 1.29 is 14.3 Å². The van der Waals surface area contributed by atoms with Crippen LogP contribution in [0.5, 0.6) is 11.5 Å². The van der Waals surface area contributed by atoms with Gasteiger partial charge in [0.1, 0.15) is 11.5 Å². The van der Waals surface area contributed by atoms with E-state index in [0.717, 1.165) is 23.5 Å². The lowest BCUT2D eigenvalue weighted by molar-refractivity contribution is -0.127. The number of likely N-dealkylation sites (N-methyl/N-ethyl adjacent to an activating group) is 1. The number of aliphatic imine (C=N–C) groups is 1. The summed E-state index contributed by atoms with van der Waals surface area (Å²) in [4.78, 5) is 18.1. The van der Waals surface area contributed by atoms with Gasteiger partial charge in [-0.3, -0.25) is 4.79 Å². The van der Waals surface area contributed by atoms with Crippen LogP contribution in [0.1, 0.15) is 11.1 Å². The van der Waals surface area contributed by atoms with Gasteiger partial charge < -0.3 is 25.0 Å². The zero-order chi connectivity index (χ0) is 21.1. The molecule has 0 saturated heterocycles. The summed E-state index contributed by atoms with van der Waals surface area (Å²) in [7, 11) is 6.76. The number of rotatable bonds is 9. The summed E-state index contributed by atoms with van der Waals surface area (Å²) in [6, 6.07) is 15.7. The first-order valence-corrected chi connectivity index (χ1v) is 9.50. The highest BCUT2D eigenvalue weighted by Gasteiger charge is 2.07. The van der Waals surface area contributed by atoms with Crippen LogP contribution in [0.2, 0.25) is 0 Å². The fourth-order valence-corrected chi connectivity index (χ4v) is 2.61. The Morgan fingerprint density at radius 2 is 1.72 bits per heavy atom. The molecule has 0 aromatic heterocycles. The molecule has 2 aromatic carbocycles. The fourth-order valence-electron chi connectivity index (χ4n) is 2.61. The third kappa shape index (κ3) is 7.37. The molecule has 0 aliphatic rings. The normalized spacial score (nSPS) is 11.0. The van der Waals surface area contributed by atoms with E-state index in [9.17, 15) is 4.79 Å². The molecule has 0 atom stereocenters. The maximum Gasteiger partial charge on any atom is 0.241 e. The second-order valence-corrected chi connectivity index (χ2v) is 6.64. The number of ether oxygens (including phenoxy) is 2. The van der Waals surface area contributed by atoms with Crippen molar-refractivity contribution in [2.75, 3.05) is 41.4 Å². The van der Waals surface area contributed by atoms with E-state index in [-0.39, 0.29) is 12.5 Å². The molecule has 0 aliphatic heterocycles. The van der Waals surface area contributed by atoms with Gasteiger partial charge in [0.2, 0.25) is 5.91 Å². The molecule has 0 heterocycles. The maximum atomic E-state index is 11.9. The monoisotopic (exact) mass is 398 g/mol. The van der Waals surface area contributed by atoms with Crippen molar-refractivity contribution in [3.8, 4) is 11.5 Å². The standard InChI is InChI=1S/C22H30N4O3/c1-26(2)21(27)16-25-22(24-15-18-7-5-6-8-20(18)29-4)23-14-13-17-9-11-19(28-3)12-10-17/h5-12H,13-16H2,1-4H3,(H2,23,24,25). The number of nitrogens with one attached hydrogen (secondary N) is 2. The topological polar surface area (TPSA) is 75.2 Å². The van der Waals surface area contributed by atoms with Crippen LogP contribution >= 0.6 is 0 Å². The number of amides is 1. The minimum atomic E-state index is -0.0213. The Bertz CT molecular complexity index is 804. The van der Waals surface area contributed by atoms with Crippen LogP contribution in [-0.4, -0.2) is 58.2 Å². The molecule has 0 unspecified atom stereocenters. The van der Waals surface area contributed by atoms with Crippen LogP contribution in [0.25, 0.3) is 0 Å². The Labute approximate surface area is 172 Å². The quantitative estimate of drug-likeness (QED) is 0.500. The summed E-state index contributed by atoms with van der Waals surface area (Å²) in [5.74, 6) is 2.19. The molecule has 0 saturated carbocycles. The second kappa shape index (κ2) is 11.6. The van der Waals surface area contributed by atoms with Crippen molar-refractivity contribution in [1.82, 2.24) is 15.5 Å². The molecular weight excluding hydrogens is 368 g/mol. The van der Waals surface area contributed by atoms with Gasteiger partial charge >= 0.3 is 0 Å². The van der Waals surface area contributed by atoms with Crippen molar-refractivity contribution in [1.29, 1.82) is 0 Å². The zero-order valence-corrected chi connectivity index (χ0v) is 17.6. The Hall–Kier alpha value is -3.22. The average molecular weight is 399 g/mol. The highest BCUT2D eigenvalue weighted by Crippen LogP contribution is 2.17. The zero-order valence-electron chi connectivity index (χ0n) is 17.6. The third-order valence-electron chi connectivity index (χ3n) is 4.37. The number of carbonyl (C=O) groups excluding carboxylic acids is 1. The van der Waals surface area contributed by atoms with Gasteiger partial charge in [0.15, 0.2) is 5.96 Å². The van der Waals surface area contributed by atoms with E-state index in [1.165, 1.54) is 5.56 Å². The Kier molecular flexibility index (Phi) is 8.82. The highest BCUT2D eigenvalue weighted by atomic mass is 16.5. The van der Waals surface area contributed by atoms with Gasteiger partial charge in [-0.25, -0.2) is 4.99 Å². The predicted octanol–water partition coefficient (Wildman–Crippen LogP) is 2.07. The summed E-state index contributed by atoms with van der Waals surface area (Å²) in [5, 5.41) is 6.39. The molecule has 0 aliphatic carbocycles. The lowest BCUT2D eigenvalue weighted by Gasteiger charge is -2.15. The summed E-state index contributed by atoms with van der Waals surface area (Å²) < 4.78 is 10.6. The molecule has 1 amide bonds. The molecule has 0 bridgehead atoms. The molecule has 156 valence electrons. The Morgan fingerprint density at radius 3 is 2.38 bits per heavy atom. The van der Waals surface area contributed by atoms with E-state index in [0.29, 0.717) is 19.0 Å². The smallest absolute Gasteiger partial charge is 0.241 e. The molecule has 0 spiro atoms. The third-order valence-corrected chi connectivity index (χ3v) is 4.37. The number of nitrogens with zero attached hydrogens (tertiary/aromatic N) is 2. The molecule has 0 radical (unpaired) electrons. The van der Waals surface area contributed by atoms with Crippen LogP contribution in [0, 0.1) is 0 Å². The average Bonchev–Trinajstić information content (AvgIpc) is 2.75. The van der Waals surface area contributed by atoms with Gasteiger partial charge in [-0.2, -0.15) is 0 Å². The van der Waals surface area contributed by atoms with Gasteiger partial charge in [0.05, 0.1) is 27.3 Å². The van der Waals surface area contributed by atoms with E-state index in [2.05, 4.69) is 15.6 Å². The van der Waals surface area contributed by atoms with Crippen molar-refractivity contribution >= 4 is 11.9 Å². The highest BCUT2D eigenvalue weighted by molar-refractivity contribution is 5.86. The minimum absolute atomic E-state index is 0.0213. The number of hydrogen-bond donors (Lipinski definition) is 2. The number of benzene rings is 2. The van der Waals surface area contributed by atoms with Crippen LogP contribution in [0.4, 0.5) is 0 Å². The van der Waals surface area contributed by atoms with Gasteiger partial charge in [0, 0.05) is 26.2 Å². The second-order valence-electron chi connectivity index (χ2n) is 6.64. The largest absolute Gasteiger partial charge is 0.497 e. The Balaban J connectivity index is 2.00. The maximum absolute atomic E-state index is 11.9. The SMILES string of the molecule is COc1ccc(CCNC(=NCc2ccccc2OC)NCC(=O)N(C)C)cc1. The number of methoxy groups -OCH3 is 2. The van der Waals surface area contributed by atoms with Crippen LogP contribution < -0.4 is 20.1 Å². The molecule has 2 rings (SSSR count). The number of carbonyl (C=O) groups is 1. The van der Waals surface area contributed by atoms with E-state index in [1.807, 2.05) is 48.5 Å². The fraction of sp³-hybridized carbons (Fsp3) is 0.364. The first-order valence-electron chi connectivity index (χ1n) is 9.50. The molecule has 2 aromatic rings. The summed E-state index contributed by atoms with van der Waals surface area (Å²) in [6.45, 7) is 1.30. The van der Waals surface area contributed by atoms with Crippen LogP contribution in [0.15, 0.2) is 53.5 Å². The minimum Gasteiger partial charge on any atom is -0.497 e. The van der Waals surface area contributed by atoms with Crippen LogP contribution in [0.3, 0.4) is 0 Å². The van der Waals surface area contributed by atoms with Gasteiger partial charge in [-0.15, -0.1) is 0 Å². The first kappa shape index (κ1) is 22.1. The summed E-state index contributed by atoms with van der Waals surface area (Å²) in [6.07, 6.45) is 0.820. The van der Waals surface area contributed by atoms with E-state index in [1.54, 1.807) is 33.2 Å². The summed E-state index contributed by atoms with van der Waals surface area (Å²) >= 11 is 0. The van der Waals surface area contributed by atoms with Gasteiger partial charge in [0.25, 0.3) is 0 Å². The predicted molar refractivity (Wildman–Crippen MR) is 116 cm³/mol. The molecule has 29 heavy (non-hydrogen) atoms. The van der Waals surface area contributed by atoms with E-state index in [4.69, 9.17) is 9.47 Å². The van der Waals surface area contributed by atoms with E-state index >= 15 is 0 Å². The lowest BCUT2D eigenvalue weighted by atomic mass is 10.1. The molecule has 0 fully saturated rings. The number of guanidine groups is 1. The van der Waals surface area contributed by atoms with Crippen molar-refractivity contribution in [3.63, 3.8) is 0 Å². The number of hydrogen-bond acceptors (Lipinski definition) is 4. The number of para-hydroxylation sites is 1. The molecule has 7 heteroatoms. The molecular formula is C22H30N4O3. The molecule has 7 nitrogen and oxygen atoms in total.